The molecule has 0 aliphatic carbocycles. The number of aliphatic hydroxyl groups excluding tert-OH is 1. The van der Waals surface area contributed by atoms with Gasteiger partial charge in [-0.3, -0.25) is 0 Å². The van der Waals surface area contributed by atoms with E-state index in [0.717, 1.165) is 12.8 Å². The number of hydrogen-bond acceptors (Lipinski definition) is 2. The predicted octanol–water partition coefficient (Wildman–Crippen LogP) is 1.93. The molecular weight excluding hydrogens is 150 g/mol. The average molecular weight is 173 g/mol. The lowest BCUT2D eigenvalue weighted by Gasteiger charge is -2.27. The Hall–Kier alpha value is -0.0800. The second-order valence-electron chi connectivity index (χ2n) is 4.08. The molecule has 1 atom stereocenters. The van der Waals surface area contributed by atoms with Crippen LogP contribution in [0.3, 0.4) is 0 Å². The van der Waals surface area contributed by atoms with Crippen molar-refractivity contribution >= 4 is 0 Å². The van der Waals surface area contributed by atoms with Crippen LogP contribution in [0.15, 0.2) is 0 Å². The first-order valence-electron chi connectivity index (χ1n) is 4.95. The van der Waals surface area contributed by atoms with E-state index >= 15 is 0 Å². The Bertz CT molecular complexity index is 112. The van der Waals surface area contributed by atoms with Crippen molar-refractivity contribution in [2.75, 3.05) is 6.54 Å². The Labute approximate surface area is 76.4 Å². The Morgan fingerprint density at radius 1 is 1.33 bits per heavy atom. The lowest BCUT2D eigenvalue weighted by Crippen LogP contribution is -2.43. The van der Waals surface area contributed by atoms with Gasteiger partial charge in [0.1, 0.15) is 0 Å². The molecule has 0 saturated heterocycles. The van der Waals surface area contributed by atoms with E-state index in [1.807, 2.05) is 6.92 Å². The fourth-order valence-corrected chi connectivity index (χ4v) is 1.25. The van der Waals surface area contributed by atoms with Gasteiger partial charge in [0.15, 0.2) is 0 Å². The molecule has 0 bridgehead atoms. The summed E-state index contributed by atoms with van der Waals surface area (Å²) in [5, 5.41) is 12.7. The number of β-amino-alcohol motifs (C(OH)–C–C–N with tert-alkyl or cyclic N) is 1. The van der Waals surface area contributed by atoms with Crippen LogP contribution in [0.1, 0.15) is 47.0 Å². The first-order chi connectivity index (χ1) is 5.52. The highest BCUT2D eigenvalue weighted by Gasteiger charge is 2.16. The van der Waals surface area contributed by atoms with Crippen molar-refractivity contribution in [1.29, 1.82) is 0 Å². The van der Waals surface area contributed by atoms with Crippen LogP contribution in [0.2, 0.25) is 0 Å². The largest absolute Gasteiger partial charge is 0.392 e. The van der Waals surface area contributed by atoms with Crippen molar-refractivity contribution in [2.24, 2.45) is 0 Å². The summed E-state index contributed by atoms with van der Waals surface area (Å²) in [6.07, 6.45) is 2.97. The summed E-state index contributed by atoms with van der Waals surface area (Å²) in [5.41, 5.74) is 0.172. The van der Waals surface area contributed by atoms with Crippen LogP contribution in [0.5, 0.6) is 0 Å². The van der Waals surface area contributed by atoms with E-state index in [0.29, 0.717) is 6.54 Å². The monoisotopic (exact) mass is 173 g/mol. The zero-order valence-electron chi connectivity index (χ0n) is 8.85. The van der Waals surface area contributed by atoms with E-state index < -0.39 is 0 Å². The third-order valence-corrected chi connectivity index (χ3v) is 2.16. The maximum atomic E-state index is 9.33. The van der Waals surface area contributed by atoms with E-state index in [1.165, 1.54) is 6.42 Å². The van der Waals surface area contributed by atoms with Crippen LogP contribution in [0.4, 0.5) is 0 Å². The maximum Gasteiger partial charge on any atom is 0.0662 e. The van der Waals surface area contributed by atoms with Gasteiger partial charge in [0.2, 0.25) is 0 Å². The summed E-state index contributed by atoms with van der Waals surface area (Å²) in [7, 11) is 0. The Morgan fingerprint density at radius 3 is 2.33 bits per heavy atom. The molecule has 0 radical (unpaired) electrons. The summed E-state index contributed by atoms with van der Waals surface area (Å²) < 4.78 is 0. The summed E-state index contributed by atoms with van der Waals surface area (Å²) in [4.78, 5) is 0. The van der Waals surface area contributed by atoms with Crippen molar-refractivity contribution in [1.82, 2.24) is 5.32 Å². The molecule has 2 heteroatoms. The van der Waals surface area contributed by atoms with E-state index in [9.17, 15) is 5.11 Å². The molecule has 0 aliphatic heterocycles. The Morgan fingerprint density at radius 2 is 1.92 bits per heavy atom. The predicted molar refractivity (Wildman–Crippen MR) is 53.3 cm³/mol. The molecule has 0 aromatic heterocycles. The second kappa shape index (κ2) is 5.55. The van der Waals surface area contributed by atoms with E-state index in [2.05, 4.69) is 26.1 Å². The van der Waals surface area contributed by atoms with Crippen molar-refractivity contribution in [2.45, 2.75) is 58.6 Å². The fourth-order valence-electron chi connectivity index (χ4n) is 1.25. The van der Waals surface area contributed by atoms with Gasteiger partial charge in [-0.05, 0) is 26.7 Å². The zero-order chi connectivity index (χ0) is 9.61. The van der Waals surface area contributed by atoms with E-state index in [-0.39, 0.29) is 11.6 Å². The first-order valence-corrected chi connectivity index (χ1v) is 4.95. The molecule has 0 aromatic carbocycles. The van der Waals surface area contributed by atoms with Gasteiger partial charge in [0.25, 0.3) is 0 Å². The molecule has 0 rings (SSSR count). The van der Waals surface area contributed by atoms with Crippen LogP contribution < -0.4 is 5.32 Å². The maximum absolute atomic E-state index is 9.33. The summed E-state index contributed by atoms with van der Waals surface area (Å²) >= 11 is 0. The molecule has 74 valence electrons. The SMILES string of the molecule is CCCC(C)(C)NCC(O)CC. The Balaban J connectivity index is 3.59. The molecule has 0 amide bonds. The van der Waals surface area contributed by atoms with Crippen molar-refractivity contribution in [3.8, 4) is 0 Å². The van der Waals surface area contributed by atoms with Gasteiger partial charge in [-0.1, -0.05) is 20.3 Å². The molecule has 2 nitrogen and oxygen atoms in total. The van der Waals surface area contributed by atoms with Crippen molar-refractivity contribution < 1.29 is 5.11 Å². The average Bonchev–Trinajstić information content (AvgIpc) is 2.00. The van der Waals surface area contributed by atoms with Gasteiger partial charge in [0.05, 0.1) is 6.10 Å². The molecule has 0 aliphatic rings. The quantitative estimate of drug-likeness (QED) is 0.643. The molecule has 0 saturated carbocycles. The number of aliphatic hydroxyl groups is 1. The van der Waals surface area contributed by atoms with Gasteiger partial charge in [-0.15, -0.1) is 0 Å². The van der Waals surface area contributed by atoms with Crippen LogP contribution in [-0.2, 0) is 0 Å². The summed E-state index contributed by atoms with van der Waals surface area (Å²) in [6.45, 7) is 9.25. The zero-order valence-corrected chi connectivity index (χ0v) is 8.85. The van der Waals surface area contributed by atoms with E-state index in [1.54, 1.807) is 0 Å². The number of rotatable bonds is 6. The molecule has 0 aromatic rings. The highest BCUT2D eigenvalue weighted by Crippen LogP contribution is 2.10. The number of nitrogens with one attached hydrogen (secondary N) is 1. The fraction of sp³-hybridized carbons (Fsp3) is 1.00. The van der Waals surface area contributed by atoms with Gasteiger partial charge < -0.3 is 10.4 Å². The highest BCUT2D eigenvalue weighted by atomic mass is 16.3. The third kappa shape index (κ3) is 5.56. The minimum absolute atomic E-state index is 0.172. The molecule has 0 fully saturated rings. The van der Waals surface area contributed by atoms with Crippen molar-refractivity contribution in [3.63, 3.8) is 0 Å². The Kier molecular flexibility index (Phi) is 5.51. The second-order valence-corrected chi connectivity index (χ2v) is 4.08. The topological polar surface area (TPSA) is 32.3 Å². The summed E-state index contributed by atoms with van der Waals surface area (Å²) in [6, 6.07) is 0. The molecule has 1 unspecified atom stereocenters. The lowest BCUT2D eigenvalue weighted by molar-refractivity contribution is 0.153. The van der Waals surface area contributed by atoms with E-state index in [4.69, 9.17) is 0 Å². The van der Waals surface area contributed by atoms with Crippen molar-refractivity contribution in [3.05, 3.63) is 0 Å². The normalized spacial score (nSPS) is 14.8. The molecule has 0 spiro atoms. The number of hydrogen-bond donors (Lipinski definition) is 2. The molecule has 12 heavy (non-hydrogen) atoms. The van der Waals surface area contributed by atoms with Crippen LogP contribution >= 0.6 is 0 Å². The lowest BCUT2D eigenvalue weighted by atomic mass is 9.99. The summed E-state index contributed by atoms with van der Waals surface area (Å²) in [5.74, 6) is 0. The van der Waals surface area contributed by atoms with Crippen LogP contribution in [0.25, 0.3) is 0 Å². The smallest absolute Gasteiger partial charge is 0.0662 e. The van der Waals surface area contributed by atoms with Crippen LogP contribution in [0, 0.1) is 0 Å². The molecule has 2 N–H and O–H groups in total. The third-order valence-electron chi connectivity index (χ3n) is 2.16. The highest BCUT2D eigenvalue weighted by molar-refractivity contribution is 4.77. The van der Waals surface area contributed by atoms with Gasteiger partial charge >= 0.3 is 0 Å². The minimum Gasteiger partial charge on any atom is -0.392 e. The van der Waals surface area contributed by atoms with Crippen LogP contribution in [-0.4, -0.2) is 23.3 Å². The minimum atomic E-state index is -0.193. The molecular formula is C10H23NO. The standard InChI is InChI=1S/C10H23NO/c1-5-7-10(3,4)11-8-9(12)6-2/h9,11-12H,5-8H2,1-4H3. The van der Waals surface area contributed by atoms with Gasteiger partial charge in [-0.2, -0.15) is 0 Å². The van der Waals surface area contributed by atoms with Gasteiger partial charge in [0, 0.05) is 12.1 Å². The van der Waals surface area contributed by atoms with Gasteiger partial charge in [-0.25, -0.2) is 0 Å². The first kappa shape index (κ1) is 11.9. The molecule has 0 heterocycles.